The fourth-order valence-corrected chi connectivity index (χ4v) is 5.03. The zero-order valence-corrected chi connectivity index (χ0v) is 20.4. The first-order valence-corrected chi connectivity index (χ1v) is 12.3. The van der Waals surface area contributed by atoms with Crippen molar-refractivity contribution < 1.29 is 4.79 Å². The number of nitrogens with one attached hydrogen (secondary N) is 3. The maximum absolute atomic E-state index is 11.7. The highest BCUT2D eigenvalue weighted by atomic mass is 35.5. The maximum atomic E-state index is 11.7. The Kier molecular flexibility index (Phi) is 6.38. The topological polar surface area (TPSA) is 125 Å². The van der Waals surface area contributed by atoms with E-state index in [1.807, 2.05) is 19.9 Å². The molecule has 0 atom stereocenters. The number of anilines is 1. The van der Waals surface area contributed by atoms with Crippen LogP contribution in [0.4, 0.5) is 10.6 Å². The molecular weight excluding hydrogens is 474 g/mol. The quantitative estimate of drug-likeness (QED) is 0.332. The summed E-state index contributed by atoms with van der Waals surface area (Å²) in [5.41, 5.74) is 2.97. The van der Waals surface area contributed by atoms with Gasteiger partial charge in [-0.3, -0.25) is 4.98 Å². The zero-order valence-electron chi connectivity index (χ0n) is 18.8. The molecule has 1 aliphatic heterocycles. The molecule has 1 aliphatic rings. The molecule has 0 aliphatic carbocycles. The van der Waals surface area contributed by atoms with Crippen molar-refractivity contribution in [2.45, 2.75) is 30.3 Å². The summed E-state index contributed by atoms with van der Waals surface area (Å²) in [5, 5.41) is 7.76. The van der Waals surface area contributed by atoms with E-state index in [1.165, 1.54) is 11.8 Å². The maximum Gasteiger partial charge on any atom is 0.314 e. The van der Waals surface area contributed by atoms with Gasteiger partial charge in [-0.2, -0.15) is 0 Å². The Balaban J connectivity index is 1.41. The number of urea groups is 1. The Labute approximate surface area is 205 Å². The number of carbonyl (C=O) groups excluding carboxylic acids is 1. The van der Waals surface area contributed by atoms with E-state index in [1.54, 1.807) is 18.6 Å². The summed E-state index contributed by atoms with van der Waals surface area (Å²) in [7, 11) is 0. The first-order chi connectivity index (χ1) is 16.6. The van der Waals surface area contributed by atoms with Gasteiger partial charge in [0.15, 0.2) is 10.8 Å². The van der Waals surface area contributed by atoms with Crippen molar-refractivity contribution in [2.75, 3.05) is 31.1 Å². The highest BCUT2D eigenvalue weighted by Crippen LogP contribution is 2.38. The molecule has 1 saturated heterocycles. The summed E-state index contributed by atoms with van der Waals surface area (Å²) in [6.07, 6.45) is 5.79. The first kappa shape index (κ1) is 22.6. The molecule has 5 rings (SSSR count). The molecule has 4 aromatic rings. The Bertz CT molecular complexity index is 1360. The second kappa shape index (κ2) is 9.59. The Hall–Kier alpha value is -3.18. The van der Waals surface area contributed by atoms with E-state index in [0.29, 0.717) is 40.5 Å². The molecule has 5 heterocycles. The van der Waals surface area contributed by atoms with Crippen LogP contribution in [0.15, 0.2) is 34.7 Å². The molecule has 0 bridgehead atoms. The van der Waals surface area contributed by atoms with Crippen LogP contribution in [0.5, 0.6) is 0 Å². The lowest BCUT2D eigenvalue weighted by molar-refractivity contribution is 0.238. The average molecular weight is 498 g/mol. The summed E-state index contributed by atoms with van der Waals surface area (Å²) in [4.78, 5) is 40.7. The van der Waals surface area contributed by atoms with Crippen molar-refractivity contribution in [1.29, 1.82) is 0 Å². The first-order valence-electron chi connectivity index (χ1n) is 11.1. The Morgan fingerprint density at radius 2 is 2.03 bits per heavy atom. The number of halogens is 1. The van der Waals surface area contributed by atoms with Crippen LogP contribution in [0.3, 0.4) is 0 Å². The van der Waals surface area contributed by atoms with Gasteiger partial charge in [-0.05, 0) is 31.2 Å². The van der Waals surface area contributed by atoms with Crippen LogP contribution >= 0.6 is 23.4 Å². The summed E-state index contributed by atoms with van der Waals surface area (Å²) in [6, 6.07) is 1.79. The predicted octanol–water partition coefficient (Wildman–Crippen LogP) is 3.42. The molecule has 0 saturated carbocycles. The largest absolute Gasteiger partial charge is 0.355 e. The number of aromatic nitrogens is 6. The number of pyridine rings is 1. The highest BCUT2D eigenvalue weighted by molar-refractivity contribution is 7.99. The van der Waals surface area contributed by atoms with Gasteiger partial charge >= 0.3 is 6.03 Å². The average Bonchev–Trinajstić information content (AvgIpc) is 3.13. The summed E-state index contributed by atoms with van der Waals surface area (Å²) in [5.74, 6) is 1.14. The third-order valence-electron chi connectivity index (χ3n) is 5.63. The van der Waals surface area contributed by atoms with Crippen LogP contribution in [-0.2, 0) is 6.42 Å². The number of fused-ring (bicyclic) bond motifs is 2. The van der Waals surface area contributed by atoms with Gasteiger partial charge in [0.2, 0.25) is 0 Å². The molecule has 12 heteroatoms. The Morgan fingerprint density at radius 3 is 2.82 bits per heavy atom. The third-order valence-corrected chi connectivity index (χ3v) is 6.87. The van der Waals surface area contributed by atoms with Crippen molar-refractivity contribution in [3.63, 3.8) is 0 Å². The van der Waals surface area contributed by atoms with Crippen molar-refractivity contribution in [3.05, 3.63) is 35.4 Å². The molecule has 0 radical (unpaired) electrons. The third kappa shape index (κ3) is 4.45. The molecular formula is C22H24ClN9OS. The molecule has 2 amide bonds. The van der Waals surface area contributed by atoms with E-state index in [4.69, 9.17) is 21.6 Å². The van der Waals surface area contributed by atoms with Gasteiger partial charge in [-0.1, -0.05) is 18.5 Å². The van der Waals surface area contributed by atoms with E-state index < -0.39 is 0 Å². The molecule has 4 aromatic heterocycles. The van der Waals surface area contributed by atoms with Gasteiger partial charge in [0, 0.05) is 61.3 Å². The van der Waals surface area contributed by atoms with Crippen LogP contribution in [0.25, 0.3) is 22.2 Å². The van der Waals surface area contributed by atoms with E-state index in [-0.39, 0.29) is 6.03 Å². The number of hydrogen-bond acceptors (Lipinski definition) is 8. The molecule has 0 spiro atoms. The van der Waals surface area contributed by atoms with Gasteiger partial charge < -0.3 is 20.5 Å². The van der Waals surface area contributed by atoms with Gasteiger partial charge in [-0.25, -0.2) is 24.7 Å². The van der Waals surface area contributed by atoms with Gasteiger partial charge in [-0.15, -0.1) is 0 Å². The lowest BCUT2D eigenvalue weighted by atomic mass is 10.00. The minimum Gasteiger partial charge on any atom is -0.355 e. The number of aryl methyl sites for hydroxylation is 1. The fourth-order valence-electron chi connectivity index (χ4n) is 3.92. The van der Waals surface area contributed by atoms with Crippen LogP contribution in [0.2, 0.25) is 5.02 Å². The number of amides is 2. The van der Waals surface area contributed by atoms with Crippen molar-refractivity contribution >= 4 is 57.4 Å². The van der Waals surface area contributed by atoms with Gasteiger partial charge in [0.25, 0.3) is 0 Å². The highest BCUT2D eigenvalue weighted by Gasteiger charge is 2.31. The summed E-state index contributed by atoms with van der Waals surface area (Å²) >= 11 is 8.12. The number of carbonyl (C=O) groups is 1. The van der Waals surface area contributed by atoms with Crippen LogP contribution in [0.1, 0.15) is 19.5 Å². The van der Waals surface area contributed by atoms with E-state index in [0.717, 1.165) is 46.8 Å². The SMILES string of the molecule is CCNC(=O)NCC1CN(c2nc(Sc3cnc4nccnc4c3)nc3[nH]c(CC)c(Cl)c23)C1. The normalized spacial score (nSPS) is 13.9. The van der Waals surface area contributed by atoms with E-state index in [2.05, 4.69) is 35.5 Å². The molecule has 3 N–H and O–H groups in total. The van der Waals surface area contributed by atoms with Crippen LogP contribution < -0.4 is 15.5 Å². The summed E-state index contributed by atoms with van der Waals surface area (Å²) < 4.78 is 0. The van der Waals surface area contributed by atoms with E-state index >= 15 is 0 Å². The standard InChI is InChI=1S/C22H24ClN9OS/c1-3-14-17(23)16-19(29-14)30-22(34-13-7-15-18(27-9-13)26-6-5-25-15)31-20(16)32-10-12(11-32)8-28-21(33)24-4-2/h5-7,9,12H,3-4,8,10-11H2,1-2H3,(H2,24,28,33)(H,29,30,31). The number of rotatable bonds is 7. The minimum absolute atomic E-state index is 0.140. The van der Waals surface area contributed by atoms with Crippen LogP contribution in [-0.4, -0.2) is 62.1 Å². The Morgan fingerprint density at radius 1 is 1.21 bits per heavy atom. The number of hydrogen-bond donors (Lipinski definition) is 3. The van der Waals surface area contributed by atoms with Gasteiger partial charge in [0.05, 0.1) is 10.4 Å². The van der Waals surface area contributed by atoms with E-state index in [9.17, 15) is 4.79 Å². The summed E-state index contributed by atoms with van der Waals surface area (Å²) in [6.45, 7) is 6.72. The predicted molar refractivity (Wildman–Crippen MR) is 133 cm³/mol. The van der Waals surface area contributed by atoms with Crippen molar-refractivity contribution in [3.8, 4) is 0 Å². The fraction of sp³-hybridized carbons (Fsp3) is 0.364. The molecule has 10 nitrogen and oxygen atoms in total. The molecule has 34 heavy (non-hydrogen) atoms. The molecule has 1 fully saturated rings. The molecule has 0 aromatic carbocycles. The van der Waals surface area contributed by atoms with Gasteiger partial charge in [0.1, 0.15) is 17.0 Å². The second-order valence-electron chi connectivity index (χ2n) is 8.01. The lowest BCUT2D eigenvalue weighted by Crippen LogP contribution is -2.53. The number of aromatic amines is 1. The number of nitrogens with zero attached hydrogens (tertiary/aromatic N) is 6. The minimum atomic E-state index is -0.140. The monoisotopic (exact) mass is 497 g/mol. The second-order valence-corrected chi connectivity index (χ2v) is 9.43. The lowest BCUT2D eigenvalue weighted by Gasteiger charge is -2.40. The molecule has 0 unspecified atom stereocenters. The smallest absolute Gasteiger partial charge is 0.314 e. The van der Waals surface area contributed by atoms with Crippen molar-refractivity contribution in [1.82, 2.24) is 40.5 Å². The zero-order chi connectivity index (χ0) is 23.7. The van der Waals surface area contributed by atoms with Crippen LogP contribution in [0, 0.1) is 5.92 Å². The van der Waals surface area contributed by atoms with Crippen molar-refractivity contribution in [2.24, 2.45) is 5.92 Å². The number of H-pyrrole nitrogens is 1. The molecule has 176 valence electrons.